The number of hydrogen-bond donors (Lipinski definition) is 1. The molecule has 0 unspecified atom stereocenters. The Balaban J connectivity index is 1.57. The van der Waals surface area contributed by atoms with E-state index in [2.05, 4.69) is 9.97 Å². The molecule has 0 spiro atoms. The Morgan fingerprint density at radius 3 is 2.80 bits per heavy atom. The fourth-order valence-corrected chi connectivity index (χ4v) is 5.14. The van der Waals surface area contributed by atoms with E-state index in [0.29, 0.717) is 16.1 Å². The van der Waals surface area contributed by atoms with E-state index >= 15 is 0 Å². The topological polar surface area (TPSA) is 62.8 Å². The number of aryl methyl sites for hydroxylation is 2. The van der Waals surface area contributed by atoms with E-state index in [1.54, 1.807) is 11.3 Å². The number of thiophene rings is 1. The van der Waals surface area contributed by atoms with E-state index in [1.165, 1.54) is 40.9 Å². The number of hydrogen-bond acceptors (Lipinski definition) is 5. The standard InChI is InChI=1S/C18H15FN2O2S2/c19-11-7-5-10(6-8-11)13(22)9-24-18-20-16(23)15-12-3-1-2-4-14(12)25-17(15)21-18/h5-8H,1-4,9H2,(H,20,21,23). The third-order valence-corrected chi connectivity index (χ3v) is 6.37. The predicted molar refractivity (Wildman–Crippen MR) is 98.3 cm³/mol. The lowest BCUT2D eigenvalue weighted by Gasteiger charge is -2.09. The molecule has 0 fully saturated rings. The average molecular weight is 374 g/mol. The van der Waals surface area contributed by atoms with Crippen molar-refractivity contribution in [3.8, 4) is 0 Å². The van der Waals surface area contributed by atoms with Crippen molar-refractivity contribution in [2.75, 3.05) is 5.75 Å². The van der Waals surface area contributed by atoms with E-state index in [-0.39, 0.29) is 22.9 Å². The summed E-state index contributed by atoms with van der Waals surface area (Å²) < 4.78 is 12.9. The molecule has 25 heavy (non-hydrogen) atoms. The van der Waals surface area contributed by atoms with Gasteiger partial charge in [-0.3, -0.25) is 9.59 Å². The first-order valence-electron chi connectivity index (χ1n) is 8.08. The molecule has 2 heterocycles. The fraction of sp³-hybridized carbons (Fsp3) is 0.278. The maximum absolute atomic E-state index is 12.9. The van der Waals surface area contributed by atoms with E-state index in [9.17, 15) is 14.0 Å². The van der Waals surface area contributed by atoms with Gasteiger partial charge in [0.1, 0.15) is 10.6 Å². The van der Waals surface area contributed by atoms with E-state index in [0.717, 1.165) is 36.1 Å². The van der Waals surface area contributed by atoms with Gasteiger partial charge in [-0.05, 0) is 55.5 Å². The summed E-state index contributed by atoms with van der Waals surface area (Å²) in [5.41, 5.74) is 1.48. The molecule has 1 aliphatic rings. The van der Waals surface area contributed by atoms with Crippen LogP contribution in [0.15, 0.2) is 34.2 Å². The number of carbonyl (C=O) groups is 1. The summed E-state index contributed by atoms with van der Waals surface area (Å²) in [7, 11) is 0. The van der Waals surface area contributed by atoms with Crippen molar-refractivity contribution < 1.29 is 9.18 Å². The summed E-state index contributed by atoms with van der Waals surface area (Å²) in [6, 6.07) is 5.45. The lowest BCUT2D eigenvalue weighted by Crippen LogP contribution is -2.11. The molecular formula is C18H15FN2O2S2. The molecule has 4 nitrogen and oxygen atoms in total. The molecule has 0 saturated heterocycles. The van der Waals surface area contributed by atoms with Crippen LogP contribution in [0.5, 0.6) is 0 Å². The van der Waals surface area contributed by atoms with Gasteiger partial charge in [0.25, 0.3) is 5.56 Å². The van der Waals surface area contributed by atoms with Crippen molar-refractivity contribution in [2.45, 2.75) is 30.8 Å². The highest BCUT2D eigenvalue weighted by Gasteiger charge is 2.20. The zero-order valence-electron chi connectivity index (χ0n) is 13.3. The van der Waals surface area contributed by atoms with Gasteiger partial charge < -0.3 is 4.98 Å². The number of rotatable bonds is 4. The Hall–Kier alpha value is -1.99. The molecule has 128 valence electrons. The highest BCUT2D eigenvalue weighted by molar-refractivity contribution is 7.99. The maximum Gasteiger partial charge on any atom is 0.260 e. The fourth-order valence-electron chi connectivity index (χ4n) is 3.07. The van der Waals surface area contributed by atoms with Gasteiger partial charge in [-0.15, -0.1) is 11.3 Å². The van der Waals surface area contributed by atoms with E-state index < -0.39 is 0 Å². The number of benzene rings is 1. The molecular weight excluding hydrogens is 359 g/mol. The van der Waals surface area contributed by atoms with Gasteiger partial charge in [-0.25, -0.2) is 9.37 Å². The zero-order valence-corrected chi connectivity index (χ0v) is 14.9. The summed E-state index contributed by atoms with van der Waals surface area (Å²) in [6.45, 7) is 0. The van der Waals surface area contributed by atoms with Gasteiger partial charge in [0.2, 0.25) is 0 Å². The monoisotopic (exact) mass is 374 g/mol. The van der Waals surface area contributed by atoms with Crippen LogP contribution in [0.4, 0.5) is 4.39 Å². The summed E-state index contributed by atoms with van der Waals surface area (Å²) >= 11 is 2.79. The highest BCUT2D eigenvalue weighted by Crippen LogP contribution is 2.34. The van der Waals surface area contributed by atoms with Crippen molar-refractivity contribution in [1.29, 1.82) is 0 Å². The van der Waals surface area contributed by atoms with E-state index in [4.69, 9.17) is 0 Å². The Morgan fingerprint density at radius 2 is 2.00 bits per heavy atom. The summed E-state index contributed by atoms with van der Waals surface area (Å²) in [6.07, 6.45) is 4.23. The van der Waals surface area contributed by atoms with Crippen LogP contribution >= 0.6 is 23.1 Å². The summed E-state index contributed by atoms with van der Waals surface area (Å²) in [5, 5.41) is 1.17. The average Bonchev–Trinajstić information content (AvgIpc) is 2.99. The minimum Gasteiger partial charge on any atom is -0.301 e. The van der Waals surface area contributed by atoms with Gasteiger partial charge in [0.15, 0.2) is 10.9 Å². The molecule has 0 radical (unpaired) electrons. The van der Waals surface area contributed by atoms with Gasteiger partial charge in [0.05, 0.1) is 11.1 Å². The molecule has 0 amide bonds. The van der Waals surface area contributed by atoms with Crippen molar-refractivity contribution in [3.63, 3.8) is 0 Å². The minimum absolute atomic E-state index is 0.124. The summed E-state index contributed by atoms with van der Waals surface area (Å²) in [4.78, 5) is 34.0. The van der Waals surface area contributed by atoms with Crippen LogP contribution in [-0.2, 0) is 12.8 Å². The van der Waals surface area contributed by atoms with Crippen molar-refractivity contribution in [3.05, 3.63) is 56.4 Å². The first kappa shape index (κ1) is 16.5. The molecule has 1 aromatic carbocycles. The highest BCUT2D eigenvalue weighted by atomic mass is 32.2. The third-order valence-electron chi connectivity index (χ3n) is 4.31. The number of thioether (sulfide) groups is 1. The van der Waals surface area contributed by atoms with Crippen LogP contribution in [0.2, 0.25) is 0 Å². The number of carbonyl (C=O) groups excluding carboxylic acids is 1. The number of aromatic amines is 1. The Labute approximate surface area is 151 Å². The number of ketones is 1. The van der Waals surface area contributed by atoms with Crippen molar-refractivity contribution in [1.82, 2.24) is 9.97 Å². The molecule has 0 atom stereocenters. The van der Waals surface area contributed by atoms with Crippen LogP contribution in [0, 0.1) is 5.82 Å². The van der Waals surface area contributed by atoms with Crippen LogP contribution in [0.1, 0.15) is 33.6 Å². The number of halogens is 1. The molecule has 4 rings (SSSR count). The summed E-state index contributed by atoms with van der Waals surface area (Å²) in [5.74, 6) is -0.355. The number of fused-ring (bicyclic) bond motifs is 3. The molecule has 3 aromatic rings. The maximum atomic E-state index is 12.9. The molecule has 2 aromatic heterocycles. The van der Waals surface area contributed by atoms with Crippen LogP contribution < -0.4 is 5.56 Å². The molecule has 1 aliphatic carbocycles. The molecule has 7 heteroatoms. The molecule has 0 saturated carbocycles. The van der Waals surface area contributed by atoms with Gasteiger partial charge in [-0.2, -0.15) is 0 Å². The molecule has 1 N–H and O–H groups in total. The van der Waals surface area contributed by atoms with Crippen molar-refractivity contribution in [2.24, 2.45) is 0 Å². The van der Waals surface area contributed by atoms with Crippen LogP contribution in [0.3, 0.4) is 0 Å². The second-order valence-corrected chi connectivity index (χ2v) is 8.03. The Kier molecular flexibility index (Phi) is 4.43. The van der Waals surface area contributed by atoms with Gasteiger partial charge in [0, 0.05) is 10.4 Å². The van der Waals surface area contributed by atoms with Crippen molar-refractivity contribution >= 4 is 39.1 Å². The van der Waals surface area contributed by atoms with Crippen LogP contribution in [-0.4, -0.2) is 21.5 Å². The quantitative estimate of drug-likeness (QED) is 0.426. The second kappa shape index (κ2) is 6.72. The Bertz CT molecular complexity index is 1010. The smallest absolute Gasteiger partial charge is 0.260 e. The zero-order chi connectivity index (χ0) is 17.4. The lowest BCUT2D eigenvalue weighted by atomic mass is 9.97. The van der Waals surface area contributed by atoms with Gasteiger partial charge in [-0.1, -0.05) is 11.8 Å². The second-order valence-electron chi connectivity index (χ2n) is 5.98. The third kappa shape index (κ3) is 3.26. The normalized spacial score (nSPS) is 13.8. The van der Waals surface area contributed by atoms with E-state index in [1.807, 2.05) is 0 Å². The first-order valence-corrected chi connectivity index (χ1v) is 9.88. The number of nitrogens with one attached hydrogen (secondary N) is 1. The minimum atomic E-state index is -0.373. The predicted octanol–water partition coefficient (Wildman–Crippen LogP) is 3.98. The number of nitrogens with zero attached hydrogens (tertiary/aromatic N) is 1. The Morgan fingerprint density at radius 1 is 1.24 bits per heavy atom. The lowest BCUT2D eigenvalue weighted by molar-refractivity contribution is 0.102. The largest absolute Gasteiger partial charge is 0.301 e. The number of aromatic nitrogens is 2. The van der Waals surface area contributed by atoms with Gasteiger partial charge >= 0.3 is 0 Å². The van der Waals surface area contributed by atoms with Crippen LogP contribution in [0.25, 0.3) is 10.2 Å². The molecule has 0 aliphatic heterocycles. The first-order chi connectivity index (χ1) is 12.1. The molecule has 0 bridgehead atoms. The number of Topliss-reactive ketones (excluding diaryl/α,β-unsaturated/α-hetero) is 1. The number of H-pyrrole nitrogens is 1. The SMILES string of the molecule is O=C(CSc1nc2sc3c(c2c(=O)[nH]1)CCCC3)c1ccc(F)cc1.